The molecule has 0 aromatic heterocycles. The highest BCUT2D eigenvalue weighted by atomic mass is 16.5. The molecule has 2 aromatic carbocycles. The molecule has 0 bridgehead atoms. The topological polar surface area (TPSA) is 47.6 Å². The highest BCUT2D eigenvalue weighted by Crippen LogP contribution is 2.22. The van der Waals surface area contributed by atoms with E-state index in [0.717, 1.165) is 25.0 Å². The number of anilines is 1. The number of carbonyl (C=O) groups excluding carboxylic acids is 1. The molecule has 4 nitrogen and oxygen atoms in total. The maximum atomic E-state index is 12.7. The molecular weight excluding hydrogens is 326 g/mol. The molecule has 1 amide bonds. The van der Waals surface area contributed by atoms with Gasteiger partial charge in [0.2, 0.25) is 0 Å². The molecule has 0 saturated heterocycles. The number of rotatable bonds is 10. The van der Waals surface area contributed by atoms with Gasteiger partial charge in [0.25, 0.3) is 5.91 Å². The predicted octanol–water partition coefficient (Wildman–Crippen LogP) is 5.54. The number of nitrogens with one attached hydrogen (secondary N) is 1. The average Bonchev–Trinajstić information content (AvgIpc) is 2.62. The first-order valence-corrected chi connectivity index (χ1v) is 9.36. The Labute approximate surface area is 156 Å². The second-order valence-corrected chi connectivity index (χ2v) is 6.71. The van der Waals surface area contributed by atoms with E-state index in [-0.39, 0.29) is 5.91 Å². The molecular formula is C22H29NO3. The van der Waals surface area contributed by atoms with Crippen molar-refractivity contribution in [2.24, 2.45) is 5.92 Å². The molecule has 0 atom stereocenters. The van der Waals surface area contributed by atoms with E-state index in [1.807, 2.05) is 42.5 Å². The number of hydrogen-bond donors (Lipinski definition) is 1. The number of para-hydroxylation sites is 1. The van der Waals surface area contributed by atoms with Crippen molar-refractivity contribution in [3.8, 4) is 11.5 Å². The van der Waals surface area contributed by atoms with Gasteiger partial charge in [-0.05, 0) is 43.0 Å². The third-order valence-corrected chi connectivity index (χ3v) is 3.94. The van der Waals surface area contributed by atoms with Crippen LogP contribution >= 0.6 is 0 Å². The predicted molar refractivity (Wildman–Crippen MR) is 106 cm³/mol. The molecule has 0 saturated carbocycles. The lowest BCUT2D eigenvalue weighted by Crippen LogP contribution is -2.14. The van der Waals surface area contributed by atoms with Gasteiger partial charge in [-0.2, -0.15) is 0 Å². The van der Waals surface area contributed by atoms with Gasteiger partial charge in [-0.1, -0.05) is 45.4 Å². The summed E-state index contributed by atoms with van der Waals surface area (Å²) in [5.41, 5.74) is 1.25. The van der Waals surface area contributed by atoms with Crippen LogP contribution in [0.5, 0.6) is 11.5 Å². The molecule has 0 heterocycles. The molecule has 0 radical (unpaired) electrons. The van der Waals surface area contributed by atoms with E-state index in [2.05, 4.69) is 26.1 Å². The lowest BCUT2D eigenvalue weighted by atomic mass is 10.1. The summed E-state index contributed by atoms with van der Waals surface area (Å²) in [4.78, 5) is 12.7. The van der Waals surface area contributed by atoms with Crippen LogP contribution < -0.4 is 14.8 Å². The minimum atomic E-state index is -0.184. The molecule has 140 valence electrons. The smallest absolute Gasteiger partial charge is 0.259 e. The Morgan fingerprint density at radius 1 is 1.04 bits per heavy atom. The van der Waals surface area contributed by atoms with E-state index in [1.54, 1.807) is 6.07 Å². The van der Waals surface area contributed by atoms with Crippen molar-refractivity contribution in [2.45, 2.75) is 40.0 Å². The number of benzene rings is 2. The van der Waals surface area contributed by atoms with E-state index >= 15 is 0 Å². The summed E-state index contributed by atoms with van der Waals surface area (Å²) in [6.07, 6.45) is 3.02. The average molecular weight is 355 g/mol. The number of ether oxygens (including phenoxy) is 2. The van der Waals surface area contributed by atoms with E-state index in [4.69, 9.17) is 9.47 Å². The standard InChI is InChI=1S/C22H29NO3/c1-4-5-14-26-21-12-7-6-11-20(21)22(24)23-18-9-8-10-19(16-18)25-15-13-17(2)3/h6-12,16-17H,4-5,13-15H2,1-3H3,(H,23,24). The highest BCUT2D eigenvalue weighted by Gasteiger charge is 2.12. The summed E-state index contributed by atoms with van der Waals surface area (Å²) >= 11 is 0. The lowest BCUT2D eigenvalue weighted by Gasteiger charge is -2.12. The first-order chi connectivity index (χ1) is 12.6. The van der Waals surface area contributed by atoms with Gasteiger partial charge in [0.05, 0.1) is 18.8 Å². The third kappa shape index (κ3) is 6.43. The fourth-order valence-corrected chi connectivity index (χ4v) is 2.38. The first-order valence-electron chi connectivity index (χ1n) is 9.36. The van der Waals surface area contributed by atoms with Crippen molar-refractivity contribution in [2.75, 3.05) is 18.5 Å². The number of unbranched alkanes of at least 4 members (excludes halogenated alkanes) is 1. The molecule has 26 heavy (non-hydrogen) atoms. The van der Waals surface area contributed by atoms with Gasteiger partial charge in [0, 0.05) is 11.8 Å². The van der Waals surface area contributed by atoms with E-state index in [0.29, 0.717) is 36.1 Å². The van der Waals surface area contributed by atoms with Crippen molar-refractivity contribution >= 4 is 11.6 Å². The van der Waals surface area contributed by atoms with Crippen LogP contribution in [0.1, 0.15) is 50.4 Å². The second kappa shape index (κ2) is 10.5. The fraction of sp³-hybridized carbons (Fsp3) is 0.409. The van der Waals surface area contributed by atoms with Crippen LogP contribution in [0.15, 0.2) is 48.5 Å². The molecule has 4 heteroatoms. The summed E-state index contributed by atoms with van der Waals surface area (Å²) in [7, 11) is 0. The molecule has 0 spiro atoms. The van der Waals surface area contributed by atoms with E-state index in [9.17, 15) is 4.79 Å². The molecule has 0 aliphatic heterocycles. The third-order valence-electron chi connectivity index (χ3n) is 3.94. The molecule has 1 N–H and O–H groups in total. The summed E-state index contributed by atoms with van der Waals surface area (Å²) in [5.74, 6) is 1.79. The maximum absolute atomic E-state index is 12.7. The minimum absolute atomic E-state index is 0.184. The lowest BCUT2D eigenvalue weighted by molar-refractivity contribution is 0.102. The Morgan fingerprint density at radius 3 is 2.62 bits per heavy atom. The van der Waals surface area contributed by atoms with Crippen LogP contribution in [0.4, 0.5) is 5.69 Å². The van der Waals surface area contributed by atoms with Gasteiger partial charge < -0.3 is 14.8 Å². The molecule has 2 aromatic rings. The van der Waals surface area contributed by atoms with Crippen LogP contribution in [0.2, 0.25) is 0 Å². The largest absolute Gasteiger partial charge is 0.494 e. The first kappa shape index (κ1) is 19.8. The van der Waals surface area contributed by atoms with E-state index in [1.165, 1.54) is 0 Å². The van der Waals surface area contributed by atoms with Gasteiger partial charge in [-0.3, -0.25) is 4.79 Å². The van der Waals surface area contributed by atoms with Crippen LogP contribution in [-0.2, 0) is 0 Å². The molecule has 2 rings (SSSR count). The van der Waals surface area contributed by atoms with Crippen molar-refractivity contribution in [3.05, 3.63) is 54.1 Å². The zero-order chi connectivity index (χ0) is 18.8. The van der Waals surface area contributed by atoms with Gasteiger partial charge in [0.1, 0.15) is 11.5 Å². The molecule has 0 aliphatic rings. The van der Waals surface area contributed by atoms with Crippen molar-refractivity contribution in [3.63, 3.8) is 0 Å². The molecule has 0 aliphatic carbocycles. The zero-order valence-electron chi connectivity index (χ0n) is 16.0. The number of amides is 1. The quantitative estimate of drug-likeness (QED) is 0.569. The SMILES string of the molecule is CCCCOc1ccccc1C(=O)Nc1cccc(OCCC(C)C)c1. The van der Waals surface area contributed by atoms with Gasteiger partial charge >= 0.3 is 0 Å². The fourth-order valence-electron chi connectivity index (χ4n) is 2.38. The maximum Gasteiger partial charge on any atom is 0.259 e. The van der Waals surface area contributed by atoms with Gasteiger partial charge in [0.15, 0.2) is 0 Å². The number of hydrogen-bond acceptors (Lipinski definition) is 3. The minimum Gasteiger partial charge on any atom is -0.494 e. The van der Waals surface area contributed by atoms with Crippen LogP contribution in [0, 0.1) is 5.92 Å². The summed E-state index contributed by atoms with van der Waals surface area (Å²) in [6.45, 7) is 7.72. The molecule has 0 unspecified atom stereocenters. The second-order valence-electron chi connectivity index (χ2n) is 6.71. The van der Waals surface area contributed by atoms with Gasteiger partial charge in [-0.15, -0.1) is 0 Å². The summed E-state index contributed by atoms with van der Waals surface area (Å²) in [5, 5.41) is 2.93. The van der Waals surface area contributed by atoms with Crippen LogP contribution in [-0.4, -0.2) is 19.1 Å². The van der Waals surface area contributed by atoms with Crippen molar-refractivity contribution in [1.29, 1.82) is 0 Å². The van der Waals surface area contributed by atoms with Crippen LogP contribution in [0.25, 0.3) is 0 Å². The Morgan fingerprint density at radius 2 is 1.85 bits per heavy atom. The molecule has 0 fully saturated rings. The summed E-state index contributed by atoms with van der Waals surface area (Å²) in [6, 6.07) is 14.8. The summed E-state index contributed by atoms with van der Waals surface area (Å²) < 4.78 is 11.5. The van der Waals surface area contributed by atoms with Crippen LogP contribution in [0.3, 0.4) is 0 Å². The zero-order valence-corrected chi connectivity index (χ0v) is 16.0. The highest BCUT2D eigenvalue weighted by molar-refractivity contribution is 6.06. The Balaban J connectivity index is 2.01. The number of carbonyl (C=O) groups is 1. The normalized spacial score (nSPS) is 10.6. The van der Waals surface area contributed by atoms with E-state index < -0.39 is 0 Å². The Kier molecular flexibility index (Phi) is 8.00. The van der Waals surface area contributed by atoms with Gasteiger partial charge in [-0.25, -0.2) is 0 Å². The van der Waals surface area contributed by atoms with Crippen molar-refractivity contribution < 1.29 is 14.3 Å². The monoisotopic (exact) mass is 355 g/mol. The van der Waals surface area contributed by atoms with Crippen molar-refractivity contribution in [1.82, 2.24) is 0 Å². The Bertz CT molecular complexity index is 697. The Hall–Kier alpha value is -2.49.